The van der Waals surface area contributed by atoms with Gasteiger partial charge in [0.05, 0.1) is 6.04 Å². The first kappa shape index (κ1) is 16.8. The van der Waals surface area contributed by atoms with Crippen molar-refractivity contribution in [3.63, 3.8) is 0 Å². The molecule has 0 radical (unpaired) electrons. The van der Waals surface area contributed by atoms with Crippen LogP contribution in [0.1, 0.15) is 18.4 Å². The van der Waals surface area contributed by atoms with E-state index in [9.17, 15) is 14.7 Å². The van der Waals surface area contributed by atoms with Gasteiger partial charge in [-0.25, -0.2) is 4.79 Å². The number of piperidine rings is 1. The lowest BCUT2D eigenvalue weighted by Crippen LogP contribution is -2.58. The predicted octanol–water partition coefficient (Wildman–Crippen LogP) is 1.42. The van der Waals surface area contributed by atoms with E-state index in [1.165, 1.54) is 4.90 Å². The number of nitrogens with zero attached hydrogens (tertiary/aromatic N) is 2. The lowest BCUT2D eigenvalue weighted by atomic mass is 9.95. The fourth-order valence-corrected chi connectivity index (χ4v) is 3.70. The summed E-state index contributed by atoms with van der Waals surface area (Å²) in [6.45, 7) is 3.16. The van der Waals surface area contributed by atoms with Crippen molar-refractivity contribution in [1.82, 2.24) is 15.1 Å². The van der Waals surface area contributed by atoms with Gasteiger partial charge in [0.15, 0.2) is 0 Å². The highest BCUT2D eigenvalue weighted by Gasteiger charge is 2.35. The molecule has 2 aliphatic rings. The molecule has 2 heterocycles. The minimum atomic E-state index is -0.898. The van der Waals surface area contributed by atoms with Crippen LogP contribution < -0.4 is 5.32 Å². The van der Waals surface area contributed by atoms with Crippen molar-refractivity contribution in [3.8, 4) is 0 Å². The lowest BCUT2D eigenvalue weighted by molar-refractivity contribution is -0.139. The molecule has 1 aromatic carbocycles. The molecule has 1 unspecified atom stereocenters. The molecule has 0 spiro atoms. The van der Waals surface area contributed by atoms with E-state index in [1.54, 1.807) is 0 Å². The molecule has 1 aromatic rings. The Labute approximate surface area is 142 Å². The van der Waals surface area contributed by atoms with E-state index in [-0.39, 0.29) is 17.9 Å². The van der Waals surface area contributed by atoms with Gasteiger partial charge >= 0.3 is 6.09 Å². The summed E-state index contributed by atoms with van der Waals surface area (Å²) in [5.74, 6) is 0.277. The average Bonchev–Trinajstić information content (AvgIpc) is 2.62. The largest absolute Gasteiger partial charge is 0.465 e. The van der Waals surface area contributed by atoms with Crippen molar-refractivity contribution >= 4 is 12.0 Å². The quantitative estimate of drug-likeness (QED) is 0.879. The van der Waals surface area contributed by atoms with Gasteiger partial charge in [0, 0.05) is 25.6 Å². The second-order valence-corrected chi connectivity index (χ2v) is 6.63. The fraction of sp³-hybridized carbons (Fsp3) is 0.556. The zero-order valence-electron chi connectivity index (χ0n) is 13.9. The fourth-order valence-electron chi connectivity index (χ4n) is 3.70. The number of carboxylic acid groups (broad SMARTS) is 1. The number of piperazine rings is 1. The summed E-state index contributed by atoms with van der Waals surface area (Å²) in [6, 6.07) is 9.71. The maximum atomic E-state index is 12.8. The molecular formula is C18H25N3O3. The van der Waals surface area contributed by atoms with Gasteiger partial charge in [-0.2, -0.15) is 0 Å². The van der Waals surface area contributed by atoms with Gasteiger partial charge in [-0.3, -0.25) is 4.79 Å². The number of rotatable bonds is 3. The minimum Gasteiger partial charge on any atom is -0.465 e. The molecule has 2 saturated heterocycles. The maximum absolute atomic E-state index is 12.8. The Morgan fingerprint density at radius 3 is 2.50 bits per heavy atom. The predicted molar refractivity (Wildman–Crippen MR) is 90.8 cm³/mol. The van der Waals surface area contributed by atoms with Gasteiger partial charge in [-0.05, 0) is 37.9 Å². The smallest absolute Gasteiger partial charge is 0.407 e. The first-order valence-electron chi connectivity index (χ1n) is 8.68. The van der Waals surface area contributed by atoms with E-state index < -0.39 is 6.09 Å². The van der Waals surface area contributed by atoms with Crippen LogP contribution in [0.3, 0.4) is 0 Å². The van der Waals surface area contributed by atoms with Gasteiger partial charge in [-0.15, -0.1) is 0 Å². The van der Waals surface area contributed by atoms with Crippen LogP contribution in [0.2, 0.25) is 0 Å². The SMILES string of the molecule is O=C(C1CCNCC1)N1CCN(C(=O)O)C(Cc2ccccc2)C1. The first-order valence-corrected chi connectivity index (χ1v) is 8.68. The molecule has 6 nitrogen and oxygen atoms in total. The summed E-state index contributed by atoms with van der Waals surface area (Å²) in [5, 5.41) is 12.8. The second kappa shape index (κ2) is 7.66. The summed E-state index contributed by atoms with van der Waals surface area (Å²) >= 11 is 0. The number of amides is 2. The normalized spacial score (nSPS) is 22.4. The summed E-state index contributed by atoms with van der Waals surface area (Å²) < 4.78 is 0. The Morgan fingerprint density at radius 1 is 1.12 bits per heavy atom. The highest BCUT2D eigenvalue weighted by molar-refractivity contribution is 5.79. The molecule has 3 rings (SSSR count). The summed E-state index contributed by atoms with van der Waals surface area (Å²) in [5.41, 5.74) is 1.10. The molecule has 24 heavy (non-hydrogen) atoms. The monoisotopic (exact) mass is 331 g/mol. The number of hydrogen-bond acceptors (Lipinski definition) is 3. The number of carbonyl (C=O) groups excluding carboxylic acids is 1. The van der Waals surface area contributed by atoms with Gasteiger partial charge in [0.2, 0.25) is 5.91 Å². The molecular weight excluding hydrogens is 306 g/mol. The van der Waals surface area contributed by atoms with Crippen LogP contribution in [-0.2, 0) is 11.2 Å². The molecule has 0 bridgehead atoms. The molecule has 2 fully saturated rings. The Morgan fingerprint density at radius 2 is 1.83 bits per heavy atom. The molecule has 130 valence electrons. The third kappa shape index (κ3) is 3.87. The van der Waals surface area contributed by atoms with Crippen LogP contribution >= 0.6 is 0 Å². The molecule has 0 aliphatic carbocycles. The Kier molecular flexibility index (Phi) is 5.35. The van der Waals surface area contributed by atoms with Crippen molar-refractivity contribution in [2.24, 2.45) is 5.92 Å². The summed E-state index contributed by atoms with van der Waals surface area (Å²) in [4.78, 5) is 27.7. The van der Waals surface area contributed by atoms with Gasteiger partial charge < -0.3 is 20.2 Å². The van der Waals surface area contributed by atoms with Crippen LogP contribution in [0.25, 0.3) is 0 Å². The Balaban J connectivity index is 1.68. The third-order valence-electron chi connectivity index (χ3n) is 5.04. The second-order valence-electron chi connectivity index (χ2n) is 6.63. The molecule has 6 heteroatoms. The van der Waals surface area contributed by atoms with Gasteiger partial charge in [0.25, 0.3) is 0 Å². The molecule has 0 saturated carbocycles. The van der Waals surface area contributed by atoms with Crippen LogP contribution in [0.4, 0.5) is 4.79 Å². The van der Waals surface area contributed by atoms with E-state index in [2.05, 4.69) is 5.32 Å². The van der Waals surface area contributed by atoms with Crippen molar-refractivity contribution in [2.75, 3.05) is 32.7 Å². The van der Waals surface area contributed by atoms with Crippen molar-refractivity contribution in [1.29, 1.82) is 0 Å². The van der Waals surface area contributed by atoms with E-state index in [0.29, 0.717) is 26.1 Å². The minimum absolute atomic E-state index is 0.0833. The number of carbonyl (C=O) groups is 2. The summed E-state index contributed by atoms with van der Waals surface area (Å²) in [7, 11) is 0. The molecule has 2 N–H and O–H groups in total. The zero-order valence-corrected chi connectivity index (χ0v) is 13.9. The van der Waals surface area contributed by atoms with Crippen molar-refractivity contribution in [3.05, 3.63) is 35.9 Å². The lowest BCUT2D eigenvalue weighted by Gasteiger charge is -2.41. The molecule has 2 aliphatic heterocycles. The van der Waals surface area contributed by atoms with E-state index in [0.717, 1.165) is 31.5 Å². The Hall–Kier alpha value is -2.08. The number of benzene rings is 1. The first-order chi connectivity index (χ1) is 11.6. The standard InChI is InChI=1S/C18H25N3O3/c22-17(15-6-8-19-9-7-15)20-10-11-21(18(23)24)16(13-20)12-14-4-2-1-3-5-14/h1-5,15-16,19H,6-13H2,(H,23,24). The van der Waals surface area contributed by atoms with Gasteiger partial charge in [0.1, 0.15) is 0 Å². The molecule has 1 atom stereocenters. The maximum Gasteiger partial charge on any atom is 0.407 e. The van der Waals surface area contributed by atoms with Crippen molar-refractivity contribution in [2.45, 2.75) is 25.3 Å². The Bertz CT molecular complexity index is 572. The highest BCUT2D eigenvalue weighted by atomic mass is 16.4. The van der Waals surface area contributed by atoms with E-state index in [4.69, 9.17) is 0 Å². The topological polar surface area (TPSA) is 72.9 Å². The van der Waals surface area contributed by atoms with Gasteiger partial charge in [-0.1, -0.05) is 30.3 Å². The third-order valence-corrected chi connectivity index (χ3v) is 5.04. The van der Waals surface area contributed by atoms with Crippen LogP contribution in [0.5, 0.6) is 0 Å². The molecule has 0 aromatic heterocycles. The highest BCUT2D eigenvalue weighted by Crippen LogP contribution is 2.20. The summed E-state index contributed by atoms with van der Waals surface area (Å²) in [6.07, 6.45) is 1.50. The number of nitrogens with one attached hydrogen (secondary N) is 1. The van der Waals surface area contributed by atoms with E-state index in [1.807, 2.05) is 35.2 Å². The number of hydrogen-bond donors (Lipinski definition) is 2. The van der Waals surface area contributed by atoms with Crippen LogP contribution in [0.15, 0.2) is 30.3 Å². The average molecular weight is 331 g/mol. The zero-order chi connectivity index (χ0) is 16.9. The van der Waals surface area contributed by atoms with Crippen molar-refractivity contribution < 1.29 is 14.7 Å². The van der Waals surface area contributed by atoms with E-state index >= 15 is 0 Å². The van der Waals surface area contributed by atoms with Crippen LogP contribution in [-0.4, -0.2) is 65.7 Å². The molecule has 2 amide bonds. The van der Waals surface area contributed by atoms with Crippen LogP contribution in [0, 0.1) is 5.92 Å².